The second-order valence-electron chi connectivity index (χ2n) is 11.4. The molecule has 2 N–H and O–H groups in total. The third kappa shape index (κ3) is 21.9. The third-order valence-corrected chi connectivity index (χ3v) is 7.78. The molecule has 3 radical (unpaired) electrons. The number of hydrogen-bond acceptors (Lipinski definition) is 8. The molecule has 1 aromatic carbocycles. The van der Waals surface area contributed by atoms with Crippen LogP contribution in [0.4, 0.5) is 0 Å². The topological polar surface area (TPSA) is 146 Å². The summed E-state index contributed by atoms with van der Waals surface area (Å²) in [6.07, 6.45) is 13.9. The summed E-state index contributed by atoms with van der Waals surface area (Å²) in [6.45, 7) is 5.90. The van der Waals surface area contributed by atoms with Crippen LogP contribution in [0.2, 0.25) is 0 Å². The van der Waals surface area contributed by atoms with Gasteiger partial charge in [0.2, 0.25) is 11.5 Å². The zero-order valence-corrected chi connectivity index (χ0v) is 38.2. The van der Waals surface area contributed by atoms with Gasteiger partial charge in [-0.05, 0) is 52.4 Å². The first kappa shape index (κ1) is 52.1. The van der Waals surface area contributed by atoms with Gasteiger partial charge in [0, 0.05) is 135 Å². The van der Waals surface area contributed by atoms with Gasteiger partial charge in [-0.15, -0.1) is 0 Å². The van der Waals surface area contributed by atoms with Crippen LogP contribution in [0.5, 0.6) is 23.0 Å². The van der Waals surface area contributed by atoms with E-state index in [9.17, 15) is 19.2 Å². The fraction of sp³-hybridized carbons (Fsp3) is 0.657. The Morgan fingerprint density at radius 2 is 0.938 bits per heavy atom. The molecule has 0 saturated carbocycles. The number of carboxylic acids is 2. The fourth-order valence-corrected chi connectivity index (χ4v) is 4.92. The Kier molecular flexibility index (Phi) is 34.2. The first-order valence-corrected chi connectivity index (χ1v) is 16.3. The first-order valence-electron chi connectivity index (χ1n) is 16.3. The first-order chi connectivity index (χ1) is 21.5. The summed E-state index contributed by atoms with van der Waals surface area (Å²) < 4.78 is 23.1. The zero-order chi connectivity index (χ0) is 33.6. The van der Waals surface area contributed by atoms with Crippen LogP contribution >= 0.6 is 0 Å². The number of rotatable bonds is 25. The van der Waals surface area contributed by atoms with Crippen molar-refractivity contribution in [1.29, 1.82) is 0 Å². The molecule has 13 heteroatoms. The molecule has 0 saturated heterocycles. The van der Waals surface area contributed by atoms with Crippen molar-refractivity contribution in [3.05, 3.63) is 22.8 Å². The third-order valence-electron chi connectivity index (χ3n) is 7.78. The van der Waals surface area contributed by atoms with Crippen LogP contribution in [-0.4, -0.2) is 48.3 Å². The van der Waals surface area contributed by atoms with E-state index in [2.05, 4.69) is 13.0 Å². The maximum atomic E-state index is 13.0. The molecule has 0 amide bonds. The van der Waals surface area contributed by atoms with Crippen molar-refractivity contribution in [2.75, 3.05) is 14.2 Å². The molecular formula is C35H54O10Y3. The summed E-state index contributed by atoms with van der Waals surface area (Å²) in [5, 5.41) is 17.5. The Hall–Kier alpha value is -0.248. The largest absolute Gasteiger partial charge is 0.490 e. The number of allylic oxidation sites excluding steroid dienone is 2. The van der Waals surface area contributed by atoms with E-state index in [1.807, 2.05) is 13.8 Å². The quantitative estimate of drug-likeness (QED) is 0.0427. The van der Waals surface area contributed by atoms with Gasteiger partial charge in [0.05, 0.1) is 14.2 Å². The molecule has 0 aliphatic rings. The number of carboxylic acid groups (broad SMARTS) is 2. The molecule has 0 fully saturated rings. The summed E-state index contributed by atoms with van der Waals surface area (Å²) in [6, 6.07) is 0. The fourth-order valence-electron chi connectivity index (χ4n) is 4.92. The summed E-state index contributed by atoms with van der Waals surface area (Å²) in [5.41, 5.74) is 2.46. The van der Waals surface area contributed by atoms with Crippen LogP contribution in [0, 0.1) is 6.92 Å². The molecule has 1 rings (SSSR count). The monoisotopic (exact) mass is 901 g/mol. The Labute approximate surface area is 362 Å². The van der Waals surface area contributed by atoms with Gasteiger partial charge in [0.15, 0.2) is 11.5 Å². The van der Waals surface area contributed by atoms with Crippen LogP contribution in [0.25, 0.3) is 0 Å². The van der Waals surface area contributed by atoms with Crippen molar-refractivity contribution < 1.29 is 146 Å². The summed E-state index contributed by atoms with van der Waals surface area (Å²) in [4.78, 5) is 47.1. The summed E-state index contributed by atoms with van der Waals surface area (Å²) in [7, 11) is 2.90. The molecule has 0 atom stereocenters. The van der Waals surface area contributed by atoms with Crippen LogP contribution in [0.15, 0.2) is 11.6 Å². The van der Waals surface area contributed by atoms with Crippen LogP contribution in [0.3, 0.4) is 0 Å². The minimum Gasteiger partial charge on any atom is -0.490 e. The van der Waals surface area contributed by atoms with E-state index in [1.54, 1.807) is 0 Å². The van der Waals surface area contributed by atoms with Crippen molar-refractivity contribution in [3.8, 4) is 23.0 Å². The standard InChI is InChI=1S/C35H54O10.3Y/c1-6-25(2)23-24-27-26(3)32(44-30(40)21-17-13-9-7-11-15-19-28(36)37)34(42-4)35(43-5)33(27)45-31(41)22-18-14-10-8-12-16-20-29(38)39;;;/h23H,6-22,24H2,1-5H3,(H,36,37)(H,38,39);;;/b25-23+;;;. The van der Waals surface area contributed by atoms with E-state index >= 15 is 0 Å². The van der Waals surface area contributed by atoms with Gasteiger partial charge in [0.1, 0.15) is 0 Å². The van der Waals surface area contributed by atoms with Gasteiger partial charge < -0.3 is 29.2 Å². The SMILES string of the molecule is CC/C(C)=C/Cc1c(C)c(OC(=O)CCCCCCCCC(=O)O)c(OC)c(OC)c1OC(=O)CCCCCCCCC(=O)O.[Y].[Y].[Y]. The molecule has 0 spiro atoms. The number of hydrogen-bond donors (Lipinski definition) is 2. The number of carbonyl (C=O) groups is 4. The molecule has 10 nitrogen and oxygen atoms in total. The molecule has 48 heavy (non-hydrogen) atoms. The molecule has 0 heterocycles. The van der Waals surface area contributed by atoms with Crippen molar-refractivity contribution >= 4 is 23.9 Å². The average molecular weight is 902 g/mol. The zero-order valence-electron chi connectivity index (χ0n) is 29.7. The maximum absolute atomic E-state index is 13.0. The van der Waals surface area contributed by atoms with Crippen molar-refractivity contribution in [2.24, 2.45) is 0 Å². The molecule has 0 bridgehead atoms. The molecular weight excluding hydrogens is 847 g/mol. The van der Waals surface area contributed by atoms with Crippen molar-refractivity contribution in [1.82, 2.24) is 0 Å². The van der Waals surface area contributed by atoms with Gasteiger partial charge in [-0.1, -0.05) is 69.9 Å². The van der Waals surface area contributed by atoms with Gasteiger partial charge in [-0.25, -0.2) is 0 Å². The smallest absolute Gasteiger partial charge is 0.311 e. The number of unbranched alkanes of at least 4 members (excludes halogenated alkanes) is 10. The Morgan fingerprint density at radius 3 is 1.31 bits per heavy atom. The Morgan fingerprint density at radius 1 is 0.583 bits per heavy atom. The van der Waals surface area contributed by atoms with E-state index in [4.69, 9.17) is 29.2 Å². The predicted octanol–water partition coefficient (Wildman–Crippen LogP) is 8.13. The number of ether oxygens (including phenoxy) is 4. The van der Waals surface area contributed by atoms with Gasteiger partial charge in [-0.3, -0.25) is 19.2 Å². The number of methoxy groups -OCH3 is 2. The molecule has 0 unspecified atom stereocenters. The summed E-state index contributed by atoms with van der Waals surface area (Å²) in [5.74, 6) is -1.47. The maximum Gasteiger partial charge on any atom is 0.311 e. The number of esters is 2. The van der Waals surface area contributed by atoms with Crippen LogP contribution in [0.1, 0.15) is 134 Å². The molecule has 0 aliphatic heterocycles. The average Bonchev–Trinajstić information content (AvgIpc) is 3.00. The Balaban J connectivity index is -0.00000675. The van der Waals surface area contributed by atoms with Crippen LogP contribution < -0.4 is 18.9 Å². The van der Waals surface area contributed by atoms with Crippen molar-refractivity contribution in [3.63, 3.8) is 0 Å². The van der Waals surface area contributed by atoms with Gasteiger partial charge >= 0.3 is 23.9 Å². The van der Waals surface area contributed by atoms with E-state index in [1.165, 1.54) is 14.2 Å². The molecule has 0 aliphatic carbocycles. The predicted molar refractivity (Wildman–Crippen MR) is 172 cm³/mol. The number of benzene rings is 1. The van der Waals surface area contributed by atoms with Crippen LogP contribution in [-0.2, 0) is 124 Å². The van der Waals surface area contributed by atoms with E-state index in [0.717, 1.165) is 63.4 Å². The second-order valence-corrected chi connectivity index (χ2v) is 11.4. The molecule has 263 valence electrons. The van der Waals surface area contributed by atoms with Crippen molar-refractivity contribution in [2.45, 2.75) is 136 Å². The van der Waals surface area contributed by atoms with Gasteiger partial charge in [-0.2, -0.15) is 0 Å². The van der Waals surface area contributed by atoms with E-state index in [0.29, 0.717) is 43.2 Å². The van der Waals surface area contributed by atoms with E-state index < -0.39 is 23.9 Å². The molecule has 0 aromatic heterocycles. The Bertz CT molecular complexity index is 1140. The minimum absolute atomic E-state index is 0. The van der Waals surface area contributed by atoms with E-state index in [-0.39, 0.29) is 147 Å². The number of aliphatic carboxylic acids is 2. The van der Waals surface area contributed by atoms with Gasteiger partial charge in [0.25, 0.3) is 0 Å². The normalized spacial score (nSPS) is 10.6. The molecule has 1 aromatic rings. The summed E-state index contributed by atoms with van der Waals surface area (Å²) >= 11 is 0. The number of carbonyl (C=O) groups excluding carboxylic acids is 2. The minimum atomic E-state index is -0.777. The second kappa shape index (κ2) is 31.5.